The second-order valence-corrected chi connectivity index (χ2v) is 4.92. The maximum absolute atomic E-state index is 11.8. The molecule has 124 valence electrons. The van der Waals surface area contributed by atoms with Crippen LogP contribution >= 0.6 is 12.4 Å². The molecule has 0 spiro atoms. The summed E-state index contributed by atoms with van der Waals surface area (Å²) in [6, 6.07) is 6.89. The Morgan fingerprint density at radius 3 is 2.36 bits per heavy atom. The molecule has 0 unspecified atom stereocenters. The average molecular weight is 330 g/mol. The zero-order valence-corrected chi connectivity index (χ0v) is 14.0. The molecule has 7 heteroatoms. The zero-order chi connectivity index (χ0) is 15.7. The molecule has 3 N–H and O–H groups in total. The highest BCUT2D eigenvalue weighted by atomic mass is 35.5. The number of carbonyl (C=O) groups excluding carboxylic acids is 2. The van der Waals surface area contributed by atoms with Gasteiger partial charge in [-0.15, -0.1) is 12.4 Å². The summed E-state index contributed by atoms with van der Waals surface area (Å²) in [4.78, 5) is 23.4. The standard InChI is InChI=1S/C15H23N3O3.ClH/c1-11(2)17-15(20)12-4-6-13(7-5-12)18-14(19)10-16-8-9-21-3;/h4-7,11,16H,8-10H2,1-3H3,(H,17,20)(H,18,19);1H. The average Bonchev–Trinajstić information content (AvgIpc) is 2.43. The molecular formula is C15H24ClN3O3. The maximum Gasteiger partial charge on any atom is 0.251 e. The summed E-state index contributed by atoms with van der Waals surface area (Å²) >= 11 is 0. The first kappa shape index (κ1) is 20.4. The van der Waals surface area contributed by atoms with Crippen LogP contribution in [0, 0.1) is 0 Å². The van der Waals surface area contributed by atoms with Gasteiger partial charge in [-0.1, -0.05) is 0 Å². The molecule has 0 bridgehead atoms. The fourth-order valence-corrected chi connectivity index (χ4v) is 1.63. The molecule has 22 heavy (non-hydrogen) atoms. The summed E-state index contributed by atoms with van der Waals surface area (Å²) < 4.78 is 4.87. The highest BCUT2D eigenvalue weighted by Gasteiger charge is 2.07. The van der Waals surface area contributed by atoms with Crippen LogP contribution in [0.4, 0.5) is 5.69 Å². The number of methoxy groups -OCH3 is 1. The molecule has 0 radical (unpaired) electrons. The molecule has 1 aromatic carbocycles. The van der Waals surface area contributed by atoms with E-state index in [-0.39, 0.29) is 36.8 Å². The Bertz CT molecular complexity index is 464. The van der Waals surface area contributed by atoms with Crippen LogP contribution in [-0.2, 0) is 9.53 Å². The Labute approximate surface area is 137 Å². The van der Waals surface area contributed by atoms with Crippen LogP contribution in [0.1, 0.15) is 24.2 Å². The second kappa shape index (κ2) is 11.0. The number of hydrogen-bond donors (Lipinski definition) is 3. The van der Waals surface area contributed by atoms with Crippen molar-refractivity contribution in [2.24, 2.45) is 0 Å². The Morgan fingerprint density at radius 1 is 1.18 bits per heavy atom. The number of ether oxygens (including phenoxy) is 1. The first-order valence-electron chi connectivity index (χ1n) is 6.93. The van der Waals surface area contributed by atoms with Crippen LogP contribution in [0.25, 0.3) is 0 Å². The van der Waals surface area contributed by atoms with Crippen LogP contribution in [0.5, 0.6) is 0 Å². The van der Waals surface area contributed by atoms with Crippen LogP contribution < -0.4 is 16.0 Å². The van der Waals surface area contributed by atoms with Gasteiger partial charge in [0.1, 0.15) is 0 Å². The number of nitrogens with one attached hydrogen (secondary N) is 3. The van der Waals surface area contributed by atoms with E-state index in [1.165, 1.54) is 0 Å². The van der Waals surface area contributed by atoms with Gasteiger partial charge in [0.05, 0.1) is 13.2 Å². The lowest BCUT2D eigenvalue weighted by Gasteiger charge is -2.09. The van der Waals surface area contributed by atoms with Gasteiger partial charge in [0.25, 0.3) is 5.91 Å². The summed E-state index contributed by atoms with van der Waals surface area (Å²) in [5, 5.41) is 8.52. The minimum atomic E-state index is -0.134. The van der Waals surface area contributed by atoms with Crippen molar-refractivity contribution in [2.45, 2.75) is 19.9 Å². The van der Waals surface area contributed by atoms with Crippen molar-refractivity contribution in [3.63, 3.8) is 0 Å². The number of benzene rings is 1. The van der Waals surface area contributed by atoms with E-state index >= 15 is 0 Å². The van der Waals surface area contributed by atoms with Crippen molar-refractivity contribution in [2.75, 3.05) is 32.1 Å². The third-order valence-electron chi connectivity index (χ3n) is 2.62. The predicted octanol–water partition coefficient (Wildman–Crippen LogP) is 1.42. The Kier molecular flexibility index (Phi) is 10.2. The topological polar surface area (TPSA) is 79.5 Å². The molecule has 0 saturated carbocycles. The second-order valence-electron chi connectivity index (χ2n) is 4.92. The van der Waals surface area contributed by atoms with Crippen LogP contribution in [0.2, 0.25) is 0 Å². The minimum Gasteiger partial charge on any atom is -0.383 e. The molecule has 1 aromatic rings. The fourth-order valence-electron chi connectivity index (χ4n) is 1.63. The van der Waals surface area contributed by atoms with Gasteiger partial charge < -0.3 is 20.7 Å². The lowest BCUT2D eigenvalue weighted by molar-refractivity contribution is -0.115. The largest absolute Gasteiger partial charge is 0.383 e. The molecule has 0 atom stereocenters. The monoisotopic (exact) mass is 329 g/mol. The van der Waals surface area contributed by atoms with Gasteiger partial charge in [-0.05, 0) is 38.1 Å². The minimum absolute atomic E-state index is 0. The zero-order valence-electron chi connectivity index (χ0n) is 13.1. The van der Waals surface area contributed by atoms with Crippen molar-refractivity contribution < 1.29 is 14.3 Å². The fraction of sp³-hybridized carbons (Fsp3) is 0.467. The molecule has 0 fully saturated rings. The molecule has 0 aliphatic heterocycles. The van der Waals surface area contributed by atoms with E-state index < -0.39 is 0 Å². The third-order valence-corrected chi connectivity index (χ3v) is 2.62. The van der Waals surface area contributed by atoms with Crippen molar-refractivity contribution in [3.05, 3.63) is 29.8 Å². The van der Waals surface area contributed by atoms with Gasteiger partial charge in [-0.25, -0.2) is 0 Å². The van der Waals surface area contributed by atoms with Crippen LogP contribution in [0.3, 0.4) is 0 Å². The van der Waals surface area contributed by atoms with E-state index in [9.17, 15) is 9.59 Å². The summed E-state index contributed by atoms with van der Waals surface area (Å²) in [5.41, 5.74) is 1.23. The molecule has 0 heterocycles. The van der Waals surface area contributed by atoms with E-state index in [4.69, 9.17) is 4.74 Å². The first-order chi connectivity index (χ1) is 10.0. The lowest BCUT2D eigenvalue weighted by atomic mass is 10.2. The number of anilines is 1. The van der Waals surface area contributed by atoms with Gasteiger partial charge >= 0.3 is 0 Å². The van der Waals surface area contributed by atoms with Gasteiger partial charge in [0.2, 0.25) is 5.91 Å². The summed E-state index contributed by atoms with van der Waals surface area (Å²) in [6.07, 6.45) is 0. The van der Waals surface area contributed by atoms with Crippen molar-refractivity contribution in [1.82, 2.24) is 10.6 Å². The van der Waals surface area contributed by atoms with E-state index in [0.717, 1.165) is 0 Å². The molecule has 0 aromatic heterocycles. The molecule has 2 amide bonds. The molecule has 1 rings (SSSR count). The highest BCUT2D eigenvalue weighted by Crippen LogP contribution is 2.09. The number of rotatable bonds is 8. The maximum atomic E-state index is 11.8. The van der Waals surface area contributed by atoms with Gasteiger partial charge in [0.15, 0.2) is 0 Å². The SMILES string of the molecule is COCCNCC(=O)Nc1ccc(C(=O)NC(C)C)cc1.Cl. The van der Waals surface area contributed by atoms with Crippen LogP contribution in [-0.4, -0.2) is 44.7 Å². The summed E-state index contributed by atoms with van der Waals surface area (Å²) in [7, 11) is 1.61. The van der Waals surface area contributed by atoms with Crippen molar-refractivity contribution in [3.8, 4) is 0 Å². The lowest BCUT2D eigenvalue weighted by Crippen LogP contribution is -2.30. The molecule has 6 nitrogen and oxygen atoms in total. The highest BCUT2D eigenvalue weighted by molar-refractivity contribution is 5.96. The summed E-state index contributed by atoms with van der Waals surface area (Å²) in [5.74, 6) is -0.255. The Balaban J connectivity index is 0.00000441. The number of carbonyl (C=O) groups is 2. The van der Waals surface area contributed by atoms with E-state index in [0.29, 0.717) is 24.4 Å². The Hall–Kier alpha value is -1.63. The van der Waals surface area contributed by atoms with E-state index in [1.807, 2.05) is 13.8 Å². The first-order valence-corrected chi connectivity index (χ1v) is 6.93. The van der Waals surface area contributed by atoms with Crippen molar-refractivity contribution in [1.29, 1.82) is 0 Å². The quantitative estimate of drug-likeness (QED) is 0.630. The number of halogens is 1. The van der Waals surface area contributed by atoms with E-state index in [2.05, 4.69) is 16.0 Å². The van der Waals surface area contributed by atoms with E-state index in [1.54, 1.807) is 31.4 Å². The third kappa shape index (κ3) is 7.97. The van der Waals surface area contributed by atoms with Gasteiger partial charge in [0, 0.05) is 30.9 Å². The van der Waals surface area contributed by atoms with Gasteiger partial charge in [-0.2, -0.15) is 0 Å². The molecule has 0 aliphatic rings. The van der Waals surface area contributed by atoms with Gasteiger partial charge in [-0.3, -0.25) is 9.59 Å². The molecule has 0 aliphatic carbocycles. The molecule has 0 saturated heterocycles. The predicted molar refractivity (Wildman–Crippen MR) is 89.7 cm³/mol. The Morgan fingerprint density at radius 2 is 1.82 bits per heavy atom. The summed E-state index contributed by atoms with van der Waals surface area (Å²) in [6.45, 7) is 5.22. The number of amides is 2. The molecular weight excluding hydrogens is 306 g/mol. The smallest absolute Gasteiger partial charge is 0.251 e. The van der Waals surface area contributed by atoms with Crippen LogP contribution in [0.15, 0.2) is 24.3 Å². The normalized spacial score (nSPS) is 10.0. The number of hydrogen-bond acceptors (Lipinski definition) is 4. The van der Waals surface area contributed by atoms with Crippen molar-refractivity contribution >= 4 is 29.9 Å².